The van der Waals surface area contributed by atoms with Crippen LogP contribution in [0.3, 0.4) is 0 Å². The average molecular weight is 312 g/mol. The third kappa shape index (κ3) is 3.99. The van der Waals surface area contributed by atoms with Gasteiger partial charge in [-0.1, -0.05) is 22.9 Å². The highest BCUT2D eigenvalue weighted by Gasteiger charge is 2.24. The van der Waals surface area contributed by atoms with E-state index in [0.29, 0.717) is 0 Å². The third-order valence-corrected chi connectivity index (χ3v) is 4.17. The fourth-order valence-corrected chi connectivity index (χ4v) is 2.63. The molecule has 0 spiro atoms. The first-order valence-corrected chi connectivity index (χ1v) is 7.57. The number of hydrogen-bond acceptors (Lipinski definition) is 2. The van der Waals surface area contributed by atoms with Crippen LogP contribution in [-0.4, -0.2) is 25.1 Å². The van der Waals surface area contributed by atoms with Gasteiger partial charge in [-0.15, -0.1) is 0 Å². The Hall–Kier alpha value is -0.540. The zero-order valence-electron chi connectivity index (χ0n) is 11.3. The van der Waals surface area contributed by atoms with Crippen molar-refractivity contribution in [2.24, 2.45) is 5.92 Å². The molecule has 0 bridgehead atoms. The van der Waals surface area contributed by atoms with Gasteiger partial charge in [0, 0.05) is 17.6 Å². The highest BCUT2D eigenvalue weighted by molar-refractivity contribution is 9.10. The summed E-state index contributed by atoms with van der Waals surface area (Å²) >= 11 is 3.64. The van der Waals surface area contributed by atoms with Gasteiger partial charge in [0.05, 0.1) is 7.11 Å². The first kappa shape index (κ1) is 13.9. The van der Waals surface area contributed by atoms with Crippen LogP contribution in [0.2, 0.25) is 0 Å². The summed E-state index contributed by atoms with van der Waals surface area (Å²) < 4.78 is 6.49. The molecule has 0 aliphatic heterocycles. The number of nitrogens with zero attached hydrogens (tertiary/aromatic N) is 1. The molecule has 0 aromatic heterocycles. The number of rotatable bonds is 7. The summed E-state index contributed by atoms with van der Waals surface area (Å²) in [6.07, 6.45) is 4.05. The maximum Gasteiger partial charge on any atom is 0.119 e. The lowest BCUT2D eigenvalue weighted by molar-refractivity contribution is 0.254. The van der Waals surface area contributed by atoms with E-state index >= 15 is 0 Å². The number of benzene rings is 1. The zero-order chi connectivity index (χ0) is 13.0. The summed E-state index contributed by atoms with van der Waals surface area (Å²) in [5.74, 6) is 1.89. The predicted molar refractivity (Wildman–Crippen MR) is 79.0 cm³/mol. The van der Waals surface area contributed by atoms with Crippen molar-refractivity contribution in [2.75, 3.05) is 20.2 Å². The summed E-state index contributed by atoms with van der Waals surface area (Å²) in [6, 6.07) is 6.22. The average Bonchev–Trinajstić information content (AvgIpc) is 3.16. The van der Waals surface area contributed by atoms with Crippen molar-refractivity contribution in [2.45, 2.75) is 32.7 Å². The van der Waals surface area contributed by atoms with E-state index in [0.717, 1.165) is 18.2 Å². The van der Waals surface area contributed by atoms with E-state index in [1.165, 1.54) is 42.4 Å². The lowest BCUT2D eigenvalue weighted by Gasteiger charge is -2.22. The van der Waals surface area contributed by atoms with Crippen molar-refractivity contribution in [3.05, 3.63) is 28.2 Å². The van der Waals surface area contributed by atoms with Gasteiger partial charge < -0.3 is 4.74 Å². The fourth-order valence-electron chi connectivity index (χ4n) is 2.26. The third-order valence-electron chi connectivity index (χ3n) is 3.40. The van der Waals surface area contributed by atoms with E-state index in [-0.39, 0.29) is 0 Å². The minimum atomic E-state index is 0.941. The summed E-state index contributed by atoms with van der Waals surface area (Å²) in [5, 5.41) is 0. The van der Waals surface area contributed by atoms with Crippen molar-refractivity contribution in [3.8, 4) is 5.75 Å². The van der Waals surface area contributed by atoms with E-state index in [9.17, 15) is 0 Å². The monoisotopic (exact) mass is 311 g/mol. The van der Waals surface area contributed by atoms with Crippen LogP contribution >= 0.6 is 15.9 Å². The molecule has 0 unspecified atom stereocenters. The minimum absolute atomic E-state index is 0.941. The van der Waals surface area contributed by atoms with E-state index in [4.69, 9.17) is 4.74 Å². The molecule has 1 aliphatic rings. The van der Waals surface area contributed by atoms with Crippen LogP contribution in [0, 0.1) is 5.92 Å². The SMILES string of the molecule is CCCN(Cc1cc(OC)ccc1Br)CC1CC1. The number of methoxy groups -OCH3 is 1. The molecule has 1 aromatic rings. The normalized spacial score (nSPS) is 15.1. The Kier molecular flexibility index (Phi) is 5.07. The summed E-state index contributed by atoms with van der Waals surface area (Å²) in [4.78, 5) is 2.57. The number of halogens is 1. The molecule has 0 heterocycles. The minimum Gasteiger partial charge on any atom is -0.497 e. The van der Waals surface area contributed by atoms with Gasteiger partial charge >= 0.3 is 0 Å². The molecule has 2 nitrogen and oxygen atoms in total. The quantitative estimate of drug-likeness (QED) is 0.752. The van der Waals surface area contributed by atoms with Crippen molar-refractivity contribution in [3.63, 3.8) is 0 Å². The van der Waals surface area contributed by atoms with Crippen molar-refractivity contribution in [1.82, 2.24) is 4.90 Å². The molecule has 18 heavy (non-hydrogen) atoms. The topological polar surface area (TPSA) is 12.5 Å². The fraction of sp³-hybridized carbons (Fsp3) is 0.600. The molecular formula is C15H22BrNO. The molecule has 0 radical (unpaired) electrons. The first-order chi connectivity index (χ1) is 8.72. The molecule has 0 N–H and O–H groups in total. The van der Waals surface area contributed by atoms with Crippen molar-refractivity contribution >= 4 is 15.9 Å². The molecule has 3 heteroatoms. The Morgan fingerprint density at radius 1 is 1.39 bits per heavy atom. The molecule has 1 aromatic carbocycles. The van der Waals surface area contributed by atoms with Crippen LogP contribution in [-0.2, 0) is 6.54 Å². The molecule has 0 amide bonds. The van der Waals surface area contributed by atoms with Crippen LogP contribution in [0.15, 0.2) is 22.7 Å². The maximum absolute atomic E-state index is 5.31. The second-order valence-electron chi connectivity index (χ2n) is 5.14. The largest absolute Gasteiger partial charge is 0.497 e. The molecule has 0 atom stereocenters. The lowest BCUT2D eigenvalue weighted by Crippen LogP contribution is -2.26. The van der Waals surface area contributed by atoms with E-state index in [1.54, 1.807) is 7.11 Å². The van der Waals surface area contributed by atoms with E-state index in [1.807, 2.05) is 6.07 Å². The van der Waals surface area contributed by atoms with Gasteiger partial charge in [-0.2, -0.15) is 0 Å². The highest BCUT2D eigenvalue weighted by Crippen LogP contribution is 2.31. The van der Waals surface area contributed by atoms with Crippen molar-refractivity contribution in [1.29, 1.82) is 0 Å². The van der Waals surface area contributed by atoms with Gasteiger partial charge in [0.15, 0.2) is 0 Å². The lowest BCUT2D eigenvalue weighted by atomic mass is 10.2. The summed E-state index contributed by atoms with van der Waals surface area (Å²) in [6.45, 7) is 5.69. The van der Waals surface area contributed by atoms with Gasteiger partial charge in [-0.3, -0.25) is 4.90 Å². The Balaban J connectivity index is 2.03. The van der Waals surface area contributed by atoms with Gasteiger partial charge in [0.25, 0.3) is 0 Å². The number of ether oxygens (including phenoxy) is 1. The molecule has 1 aliphatic carbocycles. The highest BCUT2D eigenvalue weighted by atomic mass is 79.9. The zero-order valence-corrected chi connectivity index (χ0v) is 12.9. The van der Waals surface area contributed by atoms with Crippen LogP contribution in [0.4, 0.5) is 0 Å². The van der Waals surface area contributed by atoms with Crippen LogP contribution < -0.4 is 4.74 Å². The Labute approximate surface area is 118 Å². The Morgan fingerprint density at radius 3 is 2.78 bits per heavy atom. The van der Waals surface area contributed by atoms with Crippen molar-refractivity contribution < 1.29 is 4.74 Å². The van der Waals surface area contributed by atoms with Crippen LogP contribution in [0.5, 0.6) is 5.75 Å². The Morgan fingerprint density at radius 2 is 2.17 bits per heavy atom. The molecule has 0 saturated heterocycles. The molecule has 100 valence electrons. The van der Waals surface area contributed by atoms with Gasteiger partial charge in [-0.25, -0.2) is 0 Å². The smallest absolute Gasteiger partial charge is 0.119 e. The second kappa shape index (κ2) is 6.58. The molecule has 2 rings (SSSR count). The first-order valence-electron chi connectivity index (χ1n) is 6.77. The molecular weight excluding hydrogens is 290 g/mol. The summed E-state index contributed by atoms with van der Waals surface area (Å²) in [7, 11) is 1.72. The second-order valence-corrected chi connectivity index (χ2v) is 5.99. The summed E-state index contributed by atoms with van der Waals surface area (Å²) in [5.41, 5.74) is 1.32. The van der Waals surface area contributed by atoms with E-state index in [2.05, 4.69) is 39.9 Å². The molecule has 1 saturated carbocycles. The van der Waals surface area contributed by atoms with Gasteiger partial charge in [0.1, 0.15) is 5.75 Å². The maximum atomic E-state index is 5.31. The van der Waals surface area contributed by atoms with Crippen LogP contribution in [0.1, 0.15) is 31.7 Å². The Bertz CT molecular complexity index is 390. The van der Waals surface area contributed by atoms with Gasteiger partial charge in [-0.05, 0) is 55.5 Å². The predicted octanol–water partition coefficient (Wildman–Crippen LogP) is 4.08. The van der Waals surface area contributed by atoms with Crippen LogP contribution in [0.25, 0.3) is 0 Å². The van der Waals surface area contributed by atoms with E-state index < -0.39 is 0 Å². The molecule has 1 fully saturated rings. The standard InChI is InChI=1S/C15H22BrNO/c1-3-8-17(10-12-4-5-12)11-13-9-14(18-2)6-7-15(13)16/h6-7,9,12H,3-5,8,10-11H2,1-2H3. The van der Waals surface area contributed by atoms with Gasteiger partial charge in [0.2, 0.25) is 0 Å². The number of hydrogen-bond donors (Lipinski definition) is 0.